The van der Waals surface area contributed by atoms with Gasteiger partial charge in [0.2, 0.25) is 11.0 Å². The Kier molecular flexibility index (Phi) is 5.11. The molecule has 0 fully saturated rings. The first-order valence-corrected chi connectivity index (χ1v) is 8.24. The highest BCUT2D eigenvalue weighted by Gasteiger charge is 2.15. The van der Waals surface area contributed by atoms with Gasteiger partial charge >= 0.3 is 0 Å². The van der Waals surface area contributed by atoms with Gasteiger partial charge in [-0.3, -0.25) is 14.9 Å². The van der Waals surface area contributed by atoms with E-state index in [4.69, 9.17) is 16.0 Å². The Morgan fingerprint density at radius 2 is 1.80 bits per heavy atom. The lowest BCUT2D eigenvalue weighted by molar-refractivity contribution is -0.384. The van der Waals surface area contributed by atoms with E-state index >= 15 is 0 Å². The number of carbonyl (C=O) groups excluding carboxylic acids is 1. The van der Waals surface area contributed by atoms with E-state index in [1.54, 1.807) is 12.1 Å². The summed E-state index contributed by atoms with van der Waals surface area (Å²) < 4.78 is 5.45. The van der Waals surface area contributed by atoms with Crippen LogP contribution in [0.1, 0.15) is 21.8 Å². The Morgan fingerprint density at radius 1 is 1.12 bits per heavy atom. The van der Waals surface area contributed by atoms with Gasteiger partial charge in [-0.25, -0.2) is 0 Å². The molecule has 0 saturated carbocycles. The number of rotatable bonds is 5. The van der Waals surface area contributed by atoms with Gasteiger partial charge in [0.1, 0.15) is 0 Å². The minimum atomic E-state index is -0.525. The number of nitrogens with zero attached hydrogens (tertiary/aromatic N) is 3. The molecule has 126 valence electrons. The fourth-order valence-corrected chi connectivity index (χ4v) is 2.74. The van der Waals surface area contributed by atoms with Crippen molar-refractivity contribution in [1.29, 1.82) is 0 Å². The van der Waals surface area contributed by atoms with Crippen LogP contribution in [0.5, 0.6) is 0 Å². The Hall–Kier alpha value is -2.71. The molecule has 0 unspecified atom stereocenters. The maximum absolute atomic E-state index is 12.2. The van der Waals surface area contributed by atoms with Crippen LogP contribution in [0.25, 0.3) is 0 Å². The standard InChI is InChI=1S/C16H10ClN3O4S/c17-12-5-1-10(2-6-12)9-14-18-19-16(24-14)25-15(21)11-3-7-13(8-4-11)20(22)23/h1-8H,9H2. The van der Waals surface area contributed by atoms with E-state index in [0.717, 1.165) is 17.3 Å². The number of halogens is 1. The lowest BCUT2D eigenvalue weighted by Crippen LogP contribution is -1.94. The lowest BCUT2D eigenvalue weighted by Gasteiger charge is -1.98. The Labute approximate surface area is 151 Å². The van der Waals surface area contributed by atoms with Crippen molar-refractivity contribution in [2.75, 3.05) is 0 Å². The van der Waals surface area contributed by atoms with Crippen molar-refractivity contribution in [1.82, 2.24) is 10.2 Å². The number of benzene rings is 2. The lowest BCUT2D eigenvalue weighted by atomic mass is 10.1. The fraction of sp³-hybridized carbons (Fsp3) is 0.0625. The summed E-state index contributed by atoms with van der Waals surface area (Å²) in [5.41, 5.74) is 1.18. The number of hydrogen-bond donors (Lipinski definition) is 0. The van der Waals surface area contributed by atoms with Gasteiger partial charge in [0.05, 0.1) is 11.3 Å². The summed E-state index contributed by atoms with van der Waals surface area (Å²) in [6.07, 6.45) is 0.427. The van der Waals surface area contributed by atoms with Crippen molar-refractivity contribution in [3.63, 3.8) is 0 Å². The topological polar surface area (TPSA) is 99.1 Å². The number of thioether (sulfide) groups is 1. The van der Waals surface area contributed by atoms with E-state index in [2.05, 4.69) is 10.2 Å². The molecular formula is C16H10ClN3O4S. The maximum Gasteiger partial charge on any atom is 0.284 e. The van der Waals surface area contributed by atoms with Crippen molar-refractivity contribution in [3.05, 3.63) is 80.7 Å². The van der Waals surface area contributed by atoms with Crippen LogP contribution in [-0.2, 0) is 6.42 Å². The number of nitro benzene ring substituents is 1. The van der Waals surface area contributed by atoms with Crippen LogP contribution >= 0.6 is 23.4 Å². The smallest absolute Gasteiger partial charge is 0.284 e. The summed E-state index contributed by atoms with van der Waals surface area (Å²) in [5.74, 6) is 0.376. The Balaban J connectivity index is 1.65. The van der Waals surface area contributed by atoms with Gasteiger partial charge in [-0.15, -0.1) is 10.2 Å². The molecule has 7 nitrogen and oxygen atoms in total. The molecule has 2 aromatic carbocycles. The predicted octanol–water partition coefficient (Wildman–Crippen LogP) is 4.15. The molecule has 1 heterocycles. The van der Waals surface area contributed by atoms with Gasteiger partial charge in [-0.2, -0.15) is 0 Å². The Morgan fingerprint density at radius 3 is 2.44 bits per heavy atom. The van der Waals surface area contributed by atoms with Crippen LogP contribution in [0.3, 0.4) is 0 Å². The van der Waals surface area contributed by atoms with E-state index < -0.39 is 4.92 Å². The summed E-state index contributed by atoms with van der Waals surface area (Å²) in [6.45, 7) is 0. The molecule has 9 heteroatoms. The van der Waals surface area contributed by atoms with Crippen molar-refractivity contribution in [2.24, 2.45) is 0 Å². The van der Waals surface area contributed by atoms with Crippen LogP contribution in [-0.4, -0.2) is 20.2 Å². The second-order valence-corrected chi connectivity index (χ2v) is 6.32. The molecule has 3 rings (SSSR count). The third-order valence-corrected chi connectivity index (χ3v) is 4.22. The van der Waals surface area contributed by atoms with Crippen molar-refractivity contribution >= 4 is 34.2 Å². The first kappa shape index (κ1) is 17.1. The maximum atomic E-state index is 12.2. The Bertz CT molecular complexity index is 910. The third-order valence-electron chi connectivity index (χ3n) is 3.21. The molecule has 1 aromatic heterocycles. The van der Waals surface area contributed by atoms with Gasteiger partial charge < -0.3 is 4.42 Å². The van der Waals surface area contributed by atoms with Gasteiger partial charge in [-0.1, -0.05) is 23.7 Å². The number of aromatic nitrogens is 2. The molecule has 0 aliphatic heterocycles. The van der Waals surface area contributed by atoms with Gasteiger partial charge in [0, 0.05) is 34.5 Å². The predicted molar refractivity (Wildman–Crippen MR) is 91.8 cm³/mol. The quantitative estimate of drug-likeness (QED) is 0.375. The van der Waals surface area contributed by atoms with Crippen molar-refractivity contribution < 1.29 is 14.1 Å². The minimum absolute atomic E-state index is 0.0791. The van der Waals surface area contributed by atoms with E-state index in [1.165, 1.54) is 24.3 Å². The van der Waals surface area contributed by atoms with Crippen LogP contribution in [0.2, 0.25) is 5.02 Å². The molecule has 0 bridgehead atoms. The molecule has 0 radical (unpaired) electrons. The second-order valence-electron chi connectivity index (χ2n) is 4.96. The normalized spacial score (nSPS) is 10.6. The highest BCUT2D eigenvalue weighted by molar-refractivity contribution is 8.14. The van der Waals surface area contributed by atoms with Gasteiger partial charge in [0.15, 0.2) is 0 Å². The summed E-state index contributed by atoms with van der Waals surface area (Å²) in [7, 11) is 0. The SMILES string of the molecule is O=C(Sc1nnc(Cc2ccc(Cl)cc2)o1)c1ccc([N+](=O)[O-])cc1. The zero-order valence-electron chi connectivity index (χ0n) is 12.6. The van der Waals surface area contributed by atoms with Gasteiger partial charge in [-0.05, 0) is 29.8 Å². The molecule has 25 heavy (non-hydrogen) atoms. The van der Waals surface area contributed by atoms with Crippen molar-refractivity contribution in [3.8, 4) is 0 Å². The minimum Gasteiger partial charge on any atom is -0.415 e. The molecule has 0 amide bonds. The molecule has 0 N–H and O–H groups in total. The first-order valence-electron chi connectivity index (χ1n) is 7.05. The van der Waals surface area contributed by atoms with Crippen LogP contribution in [0, 0.1) is 10.1 Å². The summed E-state index contributed by atoms with van der Waals surface area (Å²) >= 11 is 6.61. The average Bonchev–Trinajstić information content (AvgIpc) is 3.04. The molecule has 0 saturated heterocycles. The largest absolute Gasteiger partial charge is 0.415 e. The van der Waals surface area contributed by atoms with Crippen molar-refractivity contribution in [2.45, 2.75) is 11.6 Å². The monoisotopic (exact) mass is 375 g/mol. The number of hydrogen-bond acceptors (Lipinski definition) is 7. The van der Waals surface area contributed by atoms with Crippen LogP contribution in [0.4, 0.5) is 5.69 Å². The first-order chi connectivity index (χ1) is 12.0. The average molecular weight is 376 g/mol. The molecule has 0 atom stereocenters. The summed E-state index contributed by atoms with van der Waals surface area (Å²) in [4.78, 5) is 22.2. The zero-order valence-corrected chi connectivity index (χ0v) is 14.2. The highest BCUT2D eigenvalue weighted by Crippen LogP contribution is 2.24. The number of carbonyl (C=O) groups is 1. The van der Waals surface area contributed by atoms with Crippen LogP contribution < -0.4 is 0 Å². The number of non-ortho nitro benzene ring substituents is 1. The second kappa shape index (κ2) is 7.45. The summed E-state index contributed by atoms with van der Waals surface area (Å²) in [5, 5.41) is 18.8. The summed E-state index contributed by atoms with van der Waals surface area (Å²) in [6, 6.07) is 12.5. The number of nitro groups is 1. The van der Waals surface area contributed by atoms with E-state index in [1.807, 2.05) is 12.1 Å². The van der Waals surface area contributed by atoms with Gasteiger partial charge in [0.25, 0.3) is 10.9 Å². The molecule has 0 spiro atoms. The van der Waals surface area contributed by atoms with E-state index in [9.17, 15) is 14.9 Å². The molecule has 3 aromatic rings. The molecular weight excluding hydrogens is 366 g/mol. The highest BCUT2D eigenvalue weighted by atomic mass is 35.5. The molecule has 0 aliphatic carbocycles. The van der Waals surface area contributed by atoms with Crippen LogP contribution in [0.15, 0.2) is 58.2 Å². The fourth-order valence-electron chi connectivity index (χ4n) is 1.99. The third kappa shape index (κ3) is 4.43. The van der Waals surface area contributed by atoms with E-state index in [0.29, 0.717) is 22.9 Å². The van der Waals surface area contributed by atoms with E-state index in [-0.39, 0.29) is 16.0 Å². The molecule has 0 aliphatic rings. The zero-order chi connectivity index (χ0) is 17.8.